The Balaban J connectivity index is 1.85. The number of hydrogen-bond donors (Lipinski definition) is 1. The zero-order valence-electron chi connectivity index (χ0n) is 11.7. The smallest absolute Gasteiger partial charge is 0.144 e. The first kappa shape index (κ1) is 13.6. The lowest BCUT2D eigenvalue weighted by Gasteiger charge is -2.17. The molecule has 1 aliphatic rings. The van der Waals surface area contributed by atoms with Crippen molar-refractivity contribution in [3.05, 3.63) is 58.5 Å². The Bertz CT molecular complexity index is 704. The number of aryl methyl sites for hydroxylation is 2. The van der Waals surface area contributed by atoms with Gasteiger partial charge in [-0.05, 0) is 43.4 Å². The average molecular weight is 281 g/mol. The number of fused-ring (bicyclic) bond motifs is 1. The SMILES string of the molecule is N#Cc1cc2c(nc1NCc1ccccc1F)CCCC2. The minimum absolute atomic E-state index is 0.249. The Morgan fingerprint density at radius 3 is 2.86 bits per heavy atom. The summed E-state index contributed by atoms with van der Waals surface area (Å²) in [5.74, 6) is 0.308. The minimum Gasteiger partial charge on any atom is -0.365 e. The molecule has 1 aromatic carbocycles. The maximum absolute atomic E-state index is 13.6. The van der Waals surface area contributed by atoms with Crippen LogP contribution in [0, 0.1) is 17.1 Å². The van der Waals surface area contributed by atoms with E-state index in [0.717, 1.165) is 31.4 Å². The second kappa shape index (κ2) is 5.92. The quantitative estimate of drug-likeness (QED) is 0.935. The fraction of sp³-hybridized carbons (Fsp3) is 0.294. The fourth-order valence-corrected chi connectivity index (χ4v) is 2.67. The van der Waals surface area contributed by atoms with E-state index >= 15 is 0 Å². The van der Waals surface area contributed by atoms with Gasteiger partial charge in [0.25, 0.3) is 0 Å². The molecule has 0 radical (unpaired) electrons. The molecule has 0 saturated heterocycles. The van der Waals surface area contributed by atoms with E-state index in [1.165, 1.54) is 11.6 Å². The van der Waals surface area contributed by atoms with Crippen molar-refractivity contribution in [2.45, 2.75) is 32.2 Å². The highest BCUT2D eigenvalue weighted by Crippen LogP contribution is 2.24. The van der Waals surface area contributed by atoms with Crippen LogP contribution in [-0.4, -0.2) is 4.98 Å². The molecule has 0 saturated carbocycles. The van der Waals surface area contributed by atoms with Crippen molar-refractivity contribution in [3.8, 4) is 6.07 Å². The van der Waals surface area contributed by atoms with Crippen LogP contribution in [0.5, 0.6) is 0 Å². The fourth-order valence-electron chi connectivity index (χ4n) is 2.67. The lowest BCUT2D eigenvalue weighted by molar-refractivity contribution is 0.612. The van der Waals surface area contributed by atoms with Gasteiger partial charge in [0.15, 0.2) is 0 Å². The molecule has 0 spiro atoms. The Labute approximate surface area is 123 Å². The summed E-state index contributed by atoms with van der Waals surface area (Å²) in [5, 5.41) is 12.4. The number of rotatable bonds is 3. The number of nitrogens with one attached hydrogen (secondary N) is 1. The maximum Gasteiger partial charge on any atom is 0.144 e. The second-order valence-electron chi connectivity index (χ2n) is 5.25. The van der Waals surface area contributed by atoms with Crippen molar-refractivity contribution in [1.82, 2.24) is 4.98 Å². The topological polar surface area (TPSA) is 48.7 Å². The molecular weight excluding hydrogens is 265 g/mol. The van der Waals surface area contributed by atoms with Crippen LogP contribution < -0.4 is 5.32 Å². The molecule has 4 heteroatoms. The molecule has 0 amide bonds. The van der Waals surface area contributed by atoms with Gasteiger partial charge in [-0.3, -0.25) is 0 Å². The highest BCUT2D eigenvalue weighted by atomic mass is 19.1. The molecule has 106 valence electrons. The molecule has 1 aliphatic carbocycles. The molecule has 0 fully saturated rings. The number of nitriles is 1. The second-order valence-corrected chi connectivity index (χ2v) is 5.25. The van der Waals surface area contributed by atoms with Crippen molar-refractivity contribution in [2.75, 3.05) is 5.32 Å². The van der Waals surface area contributed by atoms with Crippen LogP contribution in [0.3, 0.4) is 0 Å². The van der Waals surface area contributed by atoms with Crippen LogP contribution in [0.15, 0.2) is 30.3 Å². The van der Waals surface area contributed by atoms with Gasteiger partial charge < -0.3 is 5.32 Å². The van der Waals surface area contributed by atoms with Gasteiger partial charge >= 0.3 is 0 Å². The van der Waals surface area contributed by atoms with Gasteiger partial charge in [0, 0.05) is 17.8 Å². The summed E-state index contributed by atoms with van der Waals surface area (Å²) in [7, 11) is 0. The zero-order valence-corrected chi connectivity index (χ0v) is 11.7. The molecule has 1 heterocycles. The Morgan fingerprint density at radius 2 is 2.05 bits per heavy atom. The number of pyridine rings is 1. The predicted octanol–water partition coefficient (Wildman–Crippen LogP) is 3.58. The highest BCUT2D eigenvalue weighted by Gasteiger charge is 2.15. The first-order valence-electron chi connectivity index (χ1n) is 7.18. The number of nitrogens with zero attached hydrogens (tertiary/aromatic N) is 2. The van der Waals surface area contributed by atoms with Gasteiger partial charge in [0.1, 0.15) is 17.7 Å². The number of halogens is 1. The third-order valence-corrected chi connectivity index (χ3v) is 3.83. The summed E-state index contributed by atoms with van der Waals surface area (Å²) in [5.41, 5.74) is 3.35. The molecule has 3 nitrogen and oxygen atoms in total. The van der Waals surface area contributed by atoms with E-state index in [-0.39, 0.29) is 5.82 Å². The molecular formula is C17H16FN3. The van der Waals surface area contributed by atoms with E-state index in [4.69, 9.17) is 0 Å². The van der Waals surface area contributed by atoms with Gasteiger partial charge in [0.05, 0.1) is 5.56 Å². The third kappa shape index (κ3) is 2.87. The van der Waals surface area contributed by atoms with Crippen molar-refractivity contribution >= 4 is 5.82 Å². The Hall–Kier alpha value is -2.41. The molecule has 0 unspecified atom stereocenters. The number of hydrogen-bond acceptors (Lipinski definition) is 3. The maximum atomic E-state index is 13.6. The van der Waals surface area contributed by atoms with Gasteiger partial charge in [-0.1, -0.05) is 18.2 Å². The van der Waals surface area contributed by atoms with Gasteiger partial charge in [-0.15, -0.1) is 0 Å². The van der Waals surface area contributed by atoms with E-state index < -0.39 is 0 Å². The summed E-state index contributed by atoms with van der Waals surface area (Å²) in [6, 6.07) is 10.7. The Morgan fingerprint density at radius 1 is 1.24 bits per heavy atom. The predicted molar refractivity (Wildman–Crippen MR) is 79.3 cm³/mol. The molecule has 0 atom stereocenters. The largest absolute Gasteiger partial charge is 0.365 e. The molecule has 1 aromatic heterocycles. The minimum atomic E-state index is -0.249. The molecule has 0 bridgehead atoms. The van der Waals surface area contributed by atoms with Crippen molar-refractivity contribution in [3.63, 3.8) is 0 Å². The van der Waals surface area contributed by atoms with Crippen LogP contribution in [0.1, 0.15) is 35.2 Å². The van der Waals surface area contributed by atoms with E-state index in [2.05, 4.69) is 16.4 Å². The van der Waals surface area contributed by atoms with Crippen LogP contribution in [0.4, 0.5) is 10.2 Å². The number of benzene rings is 1. The first-order chi connectivity index (χ1) is 10.3. The van der Waals surface area contributed by atoms with Crippen LogP contribution >= 0.6 is 0 Å². The van der Waals surface area contributed by atoms with E-state index in [9.17, 15) is 9.65 Å². The summed E-state index contributed by atoms with van der Waals surface area (Å²) in [6.45, 7) is 0.327. The Kier molecular flexibility index (Phi) is 3.83. The van der Waals surface area contributed by atoms with E-state index in [0.29, 0.717) is 23.5 Å². The summed E-state index contributed by atoms with van der Waals surface area (Å²) >= 11 is 0. The van der Waals surface area contributed by atoms with Gasteiger partial charge in [-0.2, -0.15) is 5.26 Å². The molecule has 2 aromatic rings. The highest BCUT2D eigenvalue weighted by molar-refractivity contribution is 5.55. The summed E-state index contributed by atoms with van der Waals surface area (Å²) < 4.78 is 13.6. The average Bonchev–Trinajstić information content (AvgIpc) is 2.53. The zero-order chi connectivity index (χ0) is 14.7. The van der Waals surface area contributed by atoms with Crippen molar-refractivity contribution in [1.29, 1.82) is 5.26 Å². The summed E-state index contributed by atoms with van der Waals surface area (Å²) in [4.78, 5) is 4.57. The van der Waals surface area contributed by atoms with Crippen LogP contribution in [-0.2, 0) is 19.4 Å². The monoisotopic (exact) mass is 281 g/mol. The first-order valence-corrected chi connectivity index (χ1v) is 7.18. The third-order valence-electron chi connectivity index (χ3n) is 3.83. The van der Waals surface area contributed by atoms with Gasteiger partial charge in [-0.25, -0.2) is 9.37 Å². The van der Waals surface area contributed by atoms with E-state index in [1.807, 2.05) is 6.07 Å². The molecule has 3 rings (SSSR count). The van der Waals surface area contributed by atoms with Crippen LogP contribution in [0.25, 0.3) is 0 Å². The van der Waals surface area contributed by atoms with E-state index in [1.54, 1.807) is 18.2 Å². The van der Waals surface area contributed by atoms with Crippen molar-refractivity contribution < 1.29 is 4.39 Å². The molecule has 0 aliphatic heterocycles. The summed E-state index contributed by atoms with van der Waals surface area (Å²) in [6.07, 6.45) is 4.24. The molecule has 1 N–H and O–H groups in total. The molecule has 21 heavy (non-hydrogen) atoms. The van der Waals surface area contributed by atoms with Gasteiger partial charge in [0.2, 0.25) is 0 Å². The normalized spacial score (nSPS) is 13.3. The standard InChI is InChI=1S/C17H16FN3/c18-15-7-3-1-6-13(15)11-20-17-14(10-19)9-12-5-2-4-8-16(12)21-17/h1,3,6-7,9H,2,4-5,8,11H2,(H,20,21). The van der Waals surface area contributed by atoms with Crippen LogP contribution in [0.2, 0.25) is 0 Å². The lowest BCUT2D eigenvalue weighted by Crippen LogP contribution is -2.11. The number of anilines is 1. The van der Waals surface area contributed by atoms with Crippen molar-refractivity contribution in [2.24, 2.45) is 0 Å². The lowest BCUT2D eigenvalue weighted by atomic mass is 9.95. The number of aromatic nitrogens is 1.